The van der Waals surface area contributed by atoms with Gasteiger partial charge in [-0.25, -0.2) is 13.9 Å². The van der Waals surface area contributed by atoms with Gasteiger partial charge in [0.15, 0.2) is 5.65 Å². The van der Waals surface area contributed by atoms with E-state index in [2.05, 4.69) is 15.4 Å². The van der Waals surface area contributed by atoms with Crippen LogP contribution in [-0.4, -0.2) is 14.6 Å². The lowest BCUT2D eigenvalue weighted by atomic mass is 10.1. The summed E-state index contributed by atoms with van der Waals surface area (Å²) in [5.41, 5.74) is 4.25. The van der Waals surface area contributed by atoms with Crippen molar-refractivity contribution in [2.24, 2.45) is 0 Å². The number of benzene rings is 2. The Morgan fingerprint density at radius 3 is 2.75 bits per heavy atom. The lowest BCUT2D eigenvalue weighted by Gasteiger charge is -2.12. The first-order chi connectivity index (χ1) is 11.6. The molecule has 0 bridgehead atoms. The van der Waals surface area contributed by atoms with Crippen molar-refractivity contribution >= 4 is 22.4 Å². The highest BCUT2D eigenvalue weighted by molar-refractivity contribution is 5.91. The number of fused-ring (bicyclic) bond motifs is 3. The van der Waals surface area contributed by atoms with Crippen LogP contribution in [0, 0.1) is 19.7 Å². The number of nitrogens with one attached hydrogen (secondary N) is 1. The summed E-state index contributed by atoms with van der Waals surface area (Å²) in [5, 5.41) is 8.75. The molecule has 0 aliphatic heterocycles. The average Bonchev–Trinajstić information content (AvgIpc) is 2.95. The van der Waals surface area contributed by atoms with Crippen LogP contribution in [0.15, 0.2) is 48.5 Å². The molecule has 0 unspecified atom stereocenters. The molecule has 24 heavy (non-hydrogen) atoms. The predicted octanol–water partition coefficient (Wildman–Crippen LogP) is 4.25. The molecule has 0 fully saturated rings. The third-order valence-electron chi connectivity index (χ3n) is 4.21. The number of rotatable bonds is 3. The molecule has 0 spiro atoms. The highest BCUT2D eigenvalue weighted by Crippen LogP contribution is 2.24. The van der Waals surface area contributed by atoms with Crippen LogP contribution >= 0.6 is 0 Å². The van der Waals surface area contributed by atoms with Gasteiger partial charge in [0.25, 0.3) is 0 Å². The molecule has 5 heteroatoms. The normalized spacial score (nSPS) is 11.3. The molecule has 0 saturated carbocycles. The average molecular weight is 320 g/mol. The summed E-state index contributed by atoms with van der Waals surface area (Å²) in [7, 11) is 0. The standard InChI is InChI=1S/C19H17FN4/c1-12-6-5-8-16(20)15(12)11-21-19-14-7-3-4-9-17(14)24-18(22-19)10-13(2)23-24/h3-10H,11H2,1-2H3,(H,21,22). The molecule has 2 aromatic heterocycles. The smallest absolute Gasteiger partial charge is 0.158 e. The number of aryl methyl sites for hydroxylation is 2. The number of hydrogen-bond acceptors (Lipinski definition) is 3. The fraction of sp³-hybridized carbons (Fsp3) is 0.158. The highest BCUT2D eigenvalue weighted by atomic mass is 19.1. The summed E-state index contributed by atoms with van der Waals surface area (Å²) in [5.74, 6) is 0.536. The Hall–Kier alpha value is -2.95. The first-order valence-electron chi connectivity index (χ1n) is 7.86. The Labute approximate surface area is 139 Å². The van der Waals surface area contributed by atoms with E-state index in [1.54, 1.807) is 6.07 Å². The molecular weight excluding hydrogens is 303 g/mol. The number of hydrogen-bond donors (Lipinski definition) is 1. The minimum absolute atomic E-state index is 0.201. The quantitative estimate of drug-likeness (QED) is 0.613. The zero-order valence-corrected chi connectivity index (χ0v) is 13.5. The molecule has 4 aromatic rings. The molecule has 0 saturated heterocycles. The maximum Gasteiger partial charge on any atom is 0.158 e. The van der Waals surface area contributed by atoms with Crippen LogP contribution in [0.4, 0.5) is 10.2 Å². The van der Waals surface area contributed by atoms with Gasteiger partial charge in [-0.3, -0.25) is 0 Å². The number of anilines is 1. The highest BCUT2D eigenvalue weighted by Gasteiger charge is 2.11. The van der Waals surface area contributed by atoms with E-state index < -0.39 is 0 Å². The van der Waals surface area contributed by atoms with Crippen molar-refractivity contribution in [3.63, 3.8) is 0 Å². The van der Waals surface area contributed by atoms with E-state index in [1.165, 1.54) is 6.07 Å². The SMILES string of the molecule is Cc1cc2nc(NCc3c(C)cccc3F)c3ccccc3n2n1. The summed E-state index contributed by atoms with van der Waals surface area (Å²) >= 11 is 0. The fourth-order valence-electron chi connectivity index (χ4n) is 2.97. The number of halogens is 1. The predicted molar refractivity (Wildman–Crippen MR) is 93.7 cm³/mol. The van der Waals surface area contributed by atoms with Gasteiger partial charge < -0.3 is 5.32 Å². The van der Waals surface area contributed by atoms with Gasteiger partial charge in [0.2, 0.25) is 0 Å². The monoisotopic (exact) mass is 320 g/mol. The summed E-state index contributed by atoms with van der Waals surface area (Å²) in [6.45, 7) is 4.24. The first-order valence-corrected chi connectivity index (χ1v) is 7.86. The van der Waals surface area contributed by atoms with Crippen molar-refractivity contribution in [1.29, 1.82) is 0 Å². The van der Waals surface area contributed by atoms with E-state index in [4.69, 9.17) is 0 Å². The van der Waals surface area contributed by atoms with Crippen molar-refractivity contribution in [3.8, 4) is 0 Å². The zero-order chi connectivity index (χ0) is 16.7. The van der Waals surface area contributed by atoms with Gasteiger partial charge in [-0.2, -0.15) is 5.10 Å². The molecule has 0 amide bonds. The number of para-hydroxylation sites is 1. The molecule has 2 heterocycles. The second kappa shape index (κ2) is 5.60. The Balaban J connectivity index is 1.80. The second-order valence-electron chi connectivity index (χ2n) is 5.92. The maximum atomic E-state index is 14.0. The Morgan fingerprint density at radius 2 is 1.92 bits per heavy atom. The van der Waals surface area contributed by atoms with Crippen LogP contribution in [0.5, 0.6) is 0 Å². The van der Waals surface area contributed by atoms with Gasteiger partial charge in [-0.1, -0.05) is 24.3 Å². The minimum atomic E-state index is -0.201. The van der Waals surface area contributed by atoms with Crippen molar-refractivity contribution in [3.05, 3.63) is 71.2 Å². The Bertz CT molecular complexity index is 1030. The van der Waals surface area contributed by atoms with Crippen LogP contribution in [-0.2, 0) is 6.54 Å². The molecule has 0 atom stereocenters. The fourth-order valence-corrected chi connectivity index (χ4v) is 2.97. The maximum absolute atomic E-state index is 14.0. The van der Waals surface area contributed by atoms with E-state index in [0.29, 0.717) is 12.1 Å². The van der Waals surface area contributed by atoms with E-state index in [9.17, 15) is 4.39 Å². The molecule has 0 radical (unpaired) electrons. The molecule has 0 aliphatic carbocycles. The Kier molecular flexibility index (Phi) is 3.41. The largest absolute Gasteiger partial charge is 0.365 e. The lowest BCUT2D eigenvalue weighted by molar-refractivity contribution is 0.611. The molecular formula is C19H17FN4. The third kappa shape index (κ3) is 2.38. The van der Waals surface area contributed by atoms with Crippen LogP contribution in [0.2, 0.25) is 0 Å². The van der Waals surface area contributed by atoms with E-state index in [1.807, 2.05) is 54.8 Å². The second-order valence-corrected chi connectivity index (χ2v) is 5.92. The van der Waals surface area contributed by atoms with Crippen molar-refractivity contribution < 1.29 is 4.39 Å². The summed E-state index contributed by atoms with van der Waals surface area (Å²) in [6, 6.07) is 15.0. The molecule has 4 rings (SSSR count). The van der Waals surface area contributed by atoms with Gasteiger partial charge in [0.1, 0.15) is 11.6 Å². The van der Waals surface area contributed by atoms with Crippen LogP contribution in [0.3, 0.4) is 0 Å². The molecule has 0 aliphatic rings. The first kappa shape index (κ1) is 14.6. The molecule has 120 valence electrons. The van der Waals surface area contributed by atoms with Crippen LogP contribution < -0.4 is 5.32 Å². The molecule has 1 N–H and O–H groups in total. The van der Waals surface area contributed by atoms with Gasteiger partial charge in [-0.15, -0.1) is 0 Å². The van der Waals surface area contributed by atoms with Gasteiger partial charge in [0, 0.05) is 23.6 Å². The number of nitrogens with zero attached hydrogens (tertiary/aromatic N) is 3. The van der Waals surface area contributed by atoms with Gasteiger partial charge in [-0.05, 0) is 37.6 Å². The van der Waals surface area contributed by atoms with Crippen molar-refractivity contribution in [1.82, 2.24) is 14.6 Å². The van der Waals surface area contributed by atoms with E-state index >= 15 is 0 Å². The van der Waals surface area contributed by atoms with E-state index in [0.717, 1.165) is 33.6 Å². The van der Waals surface area contributed by atoms with Crippen molar-refractivity contribution in [2.75, 3.05) is 5.32 Å². The van der Waals surface area contributed by atoms with Crippen LogP contribution in [0.1, 0.15) is 16.8 Å². The molecule has 2 aromatic carbocycles. The van der Waals surface area contributed by atoms with Gasteiger partial charge in [0.05, 0.1) is 11.2 Å². The topological polar surface area (TPSA) is 42.2 Å². The Morgan fingerprint density at radius 1 is 1.08 bits per heavy atom. The van der Waals surface area contributed by atoms with Crippen LogP contribution in [0.25, 0.3) is 16.6 Å². The summed E-state index contributed by atoms with van der Waals surface area (Å²) in [4.78, 5) is 4.67. The zero-order valence-electron chi connectivity index (χ0n) is 13.5. The summed E-state index contributed by atoms with van der Waals surface area (Å²) < 4.78 is 15.9. The summed E-state index contributed by atoms with van der Waals surface area (Å²) in [6.07, 6.45) is 0. The number of aromatic nitrogens is 3. The van der Waals surface area contributed by atoms with E-state index in [-0.39, 0.29) is 5.82 Å². The van der Waals surface area contributed by atoms with Gasteiger partial charge >= 0.3 is 0 Å². The lowest BCUT2D eigenvalue weighted by Crippen LogP contribution is -2.07. The molecule has 4 nitrogen and oxygen atoms in total. The van der Waals surface area contributed by atoms with Crippen molar-refractivity contribution in [2.45, 2.75) is 20.4 Å². The third-order valence-corrected chi connectivity index (χ3v) is 4.21. The minimum Gasteiger partial charge on any atom is -0.365 e.